The lowest BCUT2D eigenvalue weighted by Crippen LogP contribution is -2.14. The zero-order chi connectivity index (χ0) is 19.2. The van der Waals surface area contributed by atoms with Gasteiger partial charge < -0.3 is 5.32 Å². The van der Waals surface area contributed by atoms with E-state index < -0.39 is 0 Å². The van der Waals surface area contributed by atoms with Crippen molar-refractivity contribution in [3.05, 3.63) is 69.2 Å². The predicted octanol–water partition coefficient (Wildman–Crippen LogP) is 5.19. The topological polar surface area (TPSA) is 78.7 Å². The third-order valence-corrected chi connectivity index (χ3v) is 6.25. The minimum atomic E-state index is -0.259. The van der Waals surface area contributed by atoms with Gasteiger partial charge >= 0.3 is 0 Å². The van der Waals surface area contributed by atoms with Gasteiger partial charge in [-0.3, -0.25) is 4.79 Å². The highest BCUT2D eigenvalue weighted by molar-refractivity contribution is 8.00. The number of thioether (sulfide) groups is 1. The van der Waals surface area contributed by atoms with Crippen LogP contribution in [0.3, 0.4) is 0 Å². The molecule has 0 aliphatic carbocycles. The first-order valence-corrected chi connectivity index (χ1v) is 10.3. The Balaban J connectivity index is 1.55. The maximum atomic E-state index is 12.2. The molecule has 0 fully saturated rings. The molecule has 0 spiro atoms. The number of anilines is 1. The van der Waals surface area contributed by atoms with Gasteiger partial charge in [-0.05, 0) is 35.4 Å². The number of hydrogen-bond donors (Lipinski definition) is 1. The number of benzene rings is 2. The molecular formula is C18H12Cl2N4OS2. The van der Waals surface area contributed by atoms with Crippen LogP contribution in [0, 0.1) is 11.3 Å². The molecule has 3 aromatic rings. The van der Waals surface area contributed by atoms with Gasteiger partial charge in [-0.25, -0.2) is 0 Å². The number of nitrogens with zero attached hydrogens (tertiary/aromatic N) is 3. The largest absolute Gasteiger partial charge is 0.300 e. The van der Waals surface area contributed by atoms with Gasteiger partial charge in [-0.2, -0.15) is 5.26 Å². The fourth-order valence-electron chi connectivity index (χ4n) is 2.16. The summed E-state index contributed by atoms with van der Waals surface area (Å²) in [6.45, 7) is 0. The Morgan fingerprint density at radius 1 is 1.15 bits per heavy atom. The fourth-order valence-corrected chi connectivity index (χ4v) is 4.42. The summed E-state index contributed by atoms with van der Waals surface area (Å²) in [5, 5.41) is 20.9. The van der Waals surface area contributed by atoms with E-state index >= 15 is 0 Å². The second-order valence-corrected chi connectivity index (χ2v) is 8.41. The van der Waals surface area contributed by atoms with Crippen molar-refractivity contribution in [3.63, 3.8) is 0 Å². The summed E-state index contributed by atoms with van der Waals surface area (Å²) in [7, 11) is 0. The molecule has 0 aliphatic rings. The molecule has 0 atom stereocenters. The molecular weight excluding hydrogens is 423 g/mol. The van der Waals surface area contributed by atoms with Crippen LogP contribution in [0.4, 0.5) is 5.13 Å². The normalized spacial score (nSPS) is 10.4. The van der Waals surface area contributed by atoms with Gasteiger partial charge in [0, 0.05) is 15.8 Å². The third kappa shape index (κ3) is 5.44. The summed E-state index contributed by atoms with van der Waals surface area (Å²) >= 11 is 15.0. The third-order valence-electron chi connectivity index (χ3n) is 3.50. The van der Waals surface area contributed by atoms with Gasteiger partial charge in [-0.1, -0.05) is 64.5 Å². The lowest BCUT2D eigenvalue weighted by atomic mass is 10.1. The molecule has 5 nitrogen and oxygen atoms in total. The van der Waals surface area contributed by atoms with Crippen molar-refractivity contribution in [1.29, 1.82) is 5.26 Å². The van der Waals surface area contributed by atoms with Crippen LogP contribution in [0.5, 0.6) is 0 Å². The number of carbonyl (C=O) groups is 1. The molecule has 3 rings (SSSR count). The molecule has 1 heterocycles. The van der Waals surface area contributed by atoms with Gasteiger partial charge in [0.2, 0.25) is 11.0 Å². The fraction of sp³-hybridized carbons (Fsp3) is 0.111. The number of rotatable bonds is 6. The van der Waals surface area contributed by atoms with E-state index in [1.165, 1.54) is 23.1 Å². The number of amides is 1. The molecule has 0 radical (unpaired) electrons. The highest BCUT2D eigenvalue weighted by Crippen LogP contribution is 2.29. The van der Waals surface area contributed by atoms with E-state index in [4.69, 9.17) is 28.5 Å². The molecule has 0 saturated carbocycles. The molecule has 1 aromatic heterocycles. The minimum absolute atomic E-state index is 0.0613. The Morgan fingerprint density at radius 2 is 1.85 bits per heavy atom. The average molecular weight is 435 g/mol. The van der Waals surface area contributed by atoms with Crippen molar-refractivity contribution in [2.24, 2.45) is 0 Å². The molecule has 0 bridgehead atoms. The number of halogens is 2. The highest BCUT2D eigenvalue weighted by Gasteiger charge is 2.13. The van der Waals surface area contributed by atoms with Crippen LogP contribution < -0.4 is 5.32 Å². The summed E-state index contributed by atoms with van der Waals surface area (Å²) in [5.41, 5.74) is 2.29. The summed E-state index contributed by atoms with van der Waals surface area (Å²) in [6.07, 6.45) is 0.0613. The van der Waals surface area contributed by atoms with E-state index in [-0.39, 0.29) is 12.3 Å². The van der Waals surface area contributed by atoms with Crippen molar-refractivity contribution < 1.29 is 4.79 Å². The van der Waals surface area contributed by atoms with Crippen LogP contribution in [0.1, 0.15) is 16.7 Å². The Hall–Kier alpha value is -2.11. The van der Waals surface area contributed by atoms with Crippen molar-refractivity contribution >= 4 is 57.3 Å². The van der Waals surface area contributed by atoms with E-state index in [2.05, 4.69) is 21.6 Å². The van der Waals surface area contributed by atoms with Gasteiger partial charge in [0.05, 0.1) is 18.1 Å². The summed E-state index contributed by atoms with van der Waals surface area (Å²) < 4.78 is 0.741. The van der Waals surface area contributed by atoms with Crippen LogP contribution >= 0.6 is 46.3 Å². The Labute approximate surface area is 174 Å². The molecule has 0 unspecified atom stereocenters. The quantitative estimate of drug-likeness (QED) is 0.426. The second kappa shape index (κ2) is 9.20. The van der Waals surface area contributed by atoms with Crippen molar-refractivity contribution in [2.75, 3.05) is 5.32 Å². The molecule has 0 saturated heterocycles. The summed E-state index contributed by atoms with van der Waals surface area (Å²) in [5.74, 6) is 0.438. The predicted molar refractivity (Wildman–Crippen MR) is 109 cm³/mol. The molecule has 0 aliphatic heterocycles. The van der Waals surface area contributed by atoms with Crippen LogP contribution in [0.2, 0.25) is 10.0 Å². The molecule has 1 N–H and O–H groups in total. The average Bonchev–Trinajstić information content (AvgIpc) is 3.11. The van der Waals surface area contributed by atoms with Crippen molar-refractivity contribution in [1.82, 2.24) is 10.2 Å². The summed E-state index contributed by atoms with van der Waals surface area (Å²) in [6, 6.07) is 14.6. The van der Waals surface area contributed by atoms with Gasteiger partial charge in [0.1, 0.15) is 0 Å². The summed E-state index contributed by atoms with van der Waals surface area (Å²) in [4.78, 5) is 12.2. The van der Waals surface area contributed by atoms with E-state index in [1.54, 1.807) is 30.3 Å². The van der Waals surface area contributed by atoms with Crippen molar-refractivity contribution in [3.8, 4) is 6.07 Å². The molecule has 2 aromatic carbocycles. The van der Waals surface area contributed by atoms with Gasteiger partial charge in [-0.15, -0.1) is 10.2 Å². The Morgan fingerprint density at radius 3 is 2.52 bits per heavy atom. The molecule has 27 heavy (non-hydrogen) atoms. The number of nitriles is 1. The molecule has 136 valence electrons. The van der Waals surface area contributed by atoms with Crippen LogP contribution in [0.25, 0.3) is 0 Å². The van der Waals surface area contributed by atoms with Crippen LogP contribution in [-0.2, 0) is 17.0 Å². The minimum Gasteiger partial charge on any atom is -0.300 e. The standard InChI is InChI=1S/C18H12Cl2N4OS2/c19-14-2-1-3-15(20)13(14)8-16(25)22-17-23-24-18(27-17)26-10-12-6-4-11(9-21)5-7-12/h1-7H,8,10H2,(H,22,23,25). The van der Waals surface area contributed by atoms with E-state index in [0.717, 1.165) is 9.90 Å². The maximum absolute atomic E-state index is 12.2. The Bertz CT molecular complexity index is 979. The first-order valence-electron chi connectivity index (χ1n) is 7.73. The second-order valence-electron chi connectivity index (χ2n) is 5.40. The Kier molecular flexibility index (Phi) is 6.69. The lowest BCUT2D eigenvalue weighted by Gasteiger charge is -2.06. The van der Waals surface area contributed by atoms with E-state index in [0.29, 0.717) is 32.1 Å². The lowest BCUT2D eigenvalue weighted by molar-refractivity contribution is -0.115. The number of hydrogen-bond acceptors (Lipinski definition) is 6. The SMILES string of the molecule is N#Cc1ccc(CSc2nnc(NC(=O)Cc3c(Cl)cccc3Cl)s2)cc1. The van der Waals surface area contributed by atoms with Gasteiger partial charge in [0.15, 0.2) is 4.34 Å². The zero-order valence-corrected chi connectivity index (χ0v) is 16.9. The van der Waals surface area contributed by atoms with Crippen LogP contribution in [-0.4, -0.2) is 16.1 Å². The number of aromatic nitrogens is 2. The van der Waals surface area contributed by atoms with E-state index in [1.807, 2.05) is 12.1 Å². The van der Waals surface area contributed by atoms with Gasteiger partial charge in [0.25, 0.3) is 0 Å². The number of nitrogens with one attached hydrogen (secondary N) is 1. The van der Waals surface area contributed by atoms with Crippen molar-refractivity contribution in [2.45, 2.75) is 16.5 Å². The first-order chi connectivity index (χ1) is 13.0. The highest BCUT2D eigenvalue weighted by atomic mass is 35.5. The zero-order valence-electron chi connectivity index (χ0n) is 13.8. The first kappa shape index (κ1) is 19.6. The monoisotopic (exact) mass is 434 g/mol. The molecule has 9 heteroatoms. The van der Waals surface area contributed by atoms with E-state index in [9.17, 15) is 4.79 Å². The maximum Gasteiger partial charge on any atom is 0.230 e. The molecule has 1 amide bonds. The van der Waals surface area contributed by atoms with Crippen LogP contribution in [0.15, 0.2) is 46.8 Å². The number of carbonyl (C=O) groups excluding carboxylic acids is 1. The smallest absolute Gasteiger partial charge is 0.230 e.